The van der Waals surface area contributed by atoms with Crippen LogP contribution in [0.1, 0.15) is 22.3 Å². The molecule has 4 rings (SSSR count). The smallest absolute Gasteiger partial charge is 0.298 e. The molecule has 0 bridgehead atoms. The molecular weight excluding hydrogens is 396 g/mol. The van der Waals surface area contributed by atoms with Crippen LogP contribution < -0.4 is 0 Å². The van der Waals surface area contributed by atoms with Gasteiger partial charge < -0.3 is 9.72 Å². The molecule has 0 saturated heterocycles. The molecular formula is C23H20N4O2S. The van der Waals surface area contributed by atoms with Crippen LogP contribution in [0.15, 0.2) is 72.0 Å². The van der Waals surface area contributed by atoms with Crippen LogP contribution in [0.5, 0.6) is 0 Å². The molecule has 7 heteroatoms. The standard InChI is InChI=1S/C23H20N4O2S/c1-15-6-5-8-17(10-15)20(18-9-4-3-7-16(18)2)19(29-14-28)11-30-23-21-22(25-12-24-21)26-13-27-23/h3-10,12-14H,11H2,1-2H3,(H,24,25,26,27)/b20-19-. The van der Waals surface area contributed by atoms with E-state index in [0.717, 1.165) is 38.4 Å². The first-order chi connectivity index (χ1) is 14.7. The van der Waals surface area contributed by atoms with E-state index in [1.807, 2.05) is 43.3 Å². The van der Waals surface area contributed by atoms with Crippen LogP contribution in [0.2, 0.25) is 0 Å². The van der Waals surface area contributed by atoms with E-state index in [4.69, 9.17) is 4.74 Å². The zero-order chi connectivity index (χ0) is 20.9. The summed E-state index contributed by atoms with van der Waals surface area (Å²) in [6, 6.07) is 16.3. The second-order valence-corrected chi connectivity index (χ2v) is 7.73. The van der Waals surface area contributed by atoms with Gasteiger partial charge in [-0.1, -0.05) is 65.9 Å². The highest BCUT2D eigenvalue weighted by Crippen LogP contribution is 2.33. The molecule has 0 saturated carbocycles. The summed E-state index contributed by atoms with van der Waals surface area (Å²) in [7, 11) is 0. The lowest BCUT2D eigenvalue weighted by molar-refractivity contribution is -0.124. The van der Waals surface area contributed by atoms with E-state index >= 15 is 0 Å². The molecule has 4 aromatic rings. The fraction of sp³-hybridized carbons (Fsp3) is 0.130. The van der Waals surface area contributed by atoms with Gasteiger partial charge in [0, 0.05) is 5.57 Å². The minimum absolute atomic E-state index is 0.418. The molecule has 2 aromatic heterocycles. The zero-order valence-electron chi connectivity index (χ0n) is 16.6. The summed E-state index contributed by atoms with van der Waals surface area (Å²) in [5.74, 6) is 0.989. The Labute approximate surface area is 178 Å². The normalized spacial score (nSPS) is 11.9. The van der Waals surface area contributed by atoms with E-state index in [0.29, 0.717) is 23.6 Å². The average molecular weight is 417 g/mol. The van der Waals surface area contributed by atoms with E-state index < -0.39 is 0 Å². The topological polar surface area (TPSA) is 80.8 Å². The van der Waals surface area contributed by atoms with Crippen LogP contribution in [0, 0.1) is 13.8 Å². The highest BCUT2D eigenvalue weighted by molar-refractivity contribution is 7.99. The summed E-state index contributed by atoms with van der Waals surface area (Å²) in [5, 5.41) is 0.748. The molecule has 0 atom stereocenters. The van der Waals surface area contributed by atoms with Crippen molar-refractivity contribution in [2.75, 3.05) is 5.75 Å². The number of fused-ring (bicyclic) bond motifs is 1. The summed E-state index contributed by atoms with van der Waals surface area (Å²) in [6.07, 6.45) is 3.08. The largest absolute Gasteiger partial charge is 0.432 e. The van der Waals surface area contributed by atoms with Crippen LogP contribution in [-0.4, -0.2) is 32.2 Å². The van der Waals surface area contributed by atoms with E-state index in [9.17, 15) is 4.79 Å². The van der Waals surface area contributed by atoms with Gasteiger partial charge in [-0.2, -0.15) is 0 Å². The summed E-state index contributed by atoms with van der Waals surface area (Å²) < 4.78 is 5.53. The van der Waals surface area contributed by atoms with Gasteiger partial charge in [0.05, 0.1) is 12.1 Å². The number of nitrogens with one attached hydrogen (secondary N) is 1. The predicted molar refractivity (Wildman–Crippen MR) is 118 cm³/mol. The van der Waals surface area contributed by atoms with E-state index in [1.165, 1.54) is 18.1 Å². The molecule has 0 fully saturated rings. The predicted octanol–water partition coefficient (Wildman–Crippen LogP) is 4.69. The minimum atomic E-state index is 0.418. The molecule has 0 aliphatic heterocycles. The first kappa shape index (κ1) is 19.8. The molecule has 0 unspecified atom stereocenters. The van der Waals surface area contributed by atoms with Gasteiger partial charge in [-0.25, -0.2) is 15.0 Å². The van der Waals surface area contributed by atoms with Crippen LogP contribution >= 0.6 is 11.8 Å². The quantitative estimate of drug-likeness (QED) is 0.204. The number of benzene rings is 2. The number of rotatable bonds is 7. The third kappa shape index (κ3) is 4.11. The monoisotopic (exact) mass is 416 g/mol. The van der Waals surface area contributed by atoms with Crippen molar-refractivity contribution in [3.63, 3.8) is 0 Å². The summed E-state index contributed by atoms with van der Waals surface area (Å²) in [5.41, 5.74) is 6.51. The molecule has 0 spiro atoms. The Balaban J connectivity index is 1.82. The molecule has 0 aliphatic carbocycles. The molecule has 30 heavy (non-hydrogen) atoms. The summed E-state index contributed by atoms with van der Waals surface area (Å²) in [4.78, 5) is 27.2. The van der Waals surface area contributed by atoms with Crippen molar-refractivity contribution in [2.24, 2.45) is 0 Å². The number of hydrogen-bond donors (Lipinski definition) is 1. The number of carbonyl (C=O) groups excluding carboxylic acids is 1. The number of aromatic nitrogens is 4. The average Bonchev–Trinajstić information content (AvgIpc) is 3.23. The number of thioether (sulfide) groups is 1. The fourth-order valence-corrected chi connectivity index (χ4v) is 4.23. The number of hydrogen-bond acceptors (Lipinski definition) is 6. The van der Waals surface area contributed by atoms with E-state index in [2.05, 4.69) is 39.0 Å². The Morgan fingerprint density at radius 1 is 1.10 bits per heavy atom. The second kappa shape index (κ2) is 8.92. The third-order valence-electron chi connectivity index (χ3n) is 4.72. The lowest BCUT2D eigenvalue weighted by Crippen LogP contribution is -2.03. The minimum Gasteiger partial charge on any atom is -0.432 e. The number of carbonyl (C=O) groups is 1. The maximum atomic E-state index is 11.4. The summed E-state index contributed by atoms with van der Waals surface area (Å²) in [6.45, 7) is 4.58. The molecule has 6 nitrogen and oxygen atoms in total. The van der Waals surface area contributed by atoms with Gasteiger partial charge in [0.2, 0.25) is 0 Å². The number of nitrogens with zero attached hydrogens (tertiary/aromatic N) is 3. The van der Waals surface area contributed by atoms with Gasteiger partial charge >= 0.3 is 0 Å². The summed E-state index contributed by atoms with van der Waals surface area (Å²) >= 11 is 1.47. The van der Waals surface area contributed by atoms with E-state index in [1.54, 1.807) is 6.33 Å². The highest BCUT2D eigenvalue weighted by atomic mass is 32.2. The van der Waals surface area contributed by atoms with Crippen molar-refractivity contribution in [3.05, 3.63) is 89.2 Å². The van der Waals surface area contributed by atoms with Crippen molar-refractivity contribution in [3.8, 4) is 0 Å². The lowest BCUT2D eigenvalue weighted by atomic mass is 9.92. The van der Waals surface area contributed by atoms with Gasteiger partial charge in [-0.05, 0) is 30.5 Å². The van der Waals surface area contributed by atoms with Gasteiger partial charge in [-0.15, -0.1) is 0 Å². The van der Waals surface area contributed by atoms with Crippen LogP contribution in [0.4, 0.5) is 0 Å². The first-order valence-electron chi connectivity index (χ1n) is 9.40. The molecule has 2 aromatic carbocycles. The van der Waals surface area contributed by atoms with Crippen molar-refractivity contribution in [2.45, 2.75) is 18.9 Å². The van der Waals surface area contributed by atoms with Crippen molar-refractivity contribution >= 4 is 35.0 Å². The van der Waals surface area contributed by atoms with Crippen molar-refractivity contribution < 1.29 is 9.53 Å². The molecule has 0 radical (unpaired) electrons. The Bertz CT molecular complexity index is 1230. The highest BCUT2D eigenvalue weighted by Gasteiger charge is 2.17. The maximum absolute atomic E-state index is 11.4. The Morgan fingerprint density at radius 3 is 2.77 bits per heavy atom. The van der Waals surface area contributed by atoms with Gasteiger partial charge in [0.1, 0.15) is 22.6 Å². The molecule has 2 heterocycles. The number of aromatic amines is 1. The SMILES string of the molecule is Cc1cccc(/C(=C(\CSc2ncnc3nc[nH]c23)OC=O)c2ccccc2C)c1. The van der Waals surface area contributed by atoms with Crippen LogP contribution in [0.3, 0.4) is 0 Å². The Morgan fingerprint density at radius 2 is 1.97 bits per heavy atom. The number of ether oxygens (including phenoxy) is 1. The zero-order valence-corrected chi connectivity index (χ0v) is 17.4. The van der Waals surface area contributed by atoms with E-state index in [-0.39, 0.29) is 0 Å². The van der Waals surface area contributed by atoms with Gasteiger partial charge in [0.25, 0.3) is 6.47 Å². The second-order valence-electron chi connectivity index (χ2n) is 6.77. The van der Waals surface area contributed by atoms with Crippen molar-refractivity contribution in [1.82, 2.24) is 19.9 Å². The number of imidazole rings is 1. The number of H-pyrrole nitrogens is 1. The Kier molecular flexibility index (Phi) is 5.90. The molecule has 1 N–H and O–H groups in total. The number of aryl methyl sites for hydroxylation is 2. The van der Waals surface area contributed by atoms with Crippen LogP contribution in [-0.2, 0) is 9.53 Å². The van der Waals surface area contributed by atoms with Gasteiger partial charge in [0.15, 0.2) is 5.65 Å². The lowest BCUT2D eigenvalue weighted by Gasteiger charge is -2.17. The fourth-order valence-electron chi connectivity index (χ4n) is 3.33. The van der Waals surface area contributed by atoms with Gasteiger partial charge in [-0.3, -0.25) is 4.79 Å². The van der Waals surface area contributed by atoms with Crippen LogP contribution in [0.25, 0.3) is 16.7 Å². The molecule has 0 aliphatic rings. The van der Waals surface area contributed by atoms with Crippen molar-refractivity contribution in [1.29, 1.82) is 0 Å². The first-order valence-corrected chi connectivity index (χ1v) is 10.4. The Hall–Kier alpha value is -3.45. The third-order valence-corrected chi connectivity index (χ3v) is 5.71. The molecule has 150 valence electrons. The maximum Gasteiger partial charge on any atom is 0.298 e. The molecule has 0 amide bonds.